The average Bonchev–Trinajstić information content (AvgIpc) is 3.07. The number of aromatic nitrogens is 1. The highest BCUT2D eigenvalue weighted by atomic mass is 32.1. The molecule has 0 fully saturated rings. The van der Waals surface area contributed by atoms with Crippen molar-refractivity contribution in [2.75, 3.05) is 11.1 Å². The molecule has 0 saturated carbocycles. The molecule has 0 aliphatic carbocycles. The fourth-order valence-corrected chi connectivity index (χ4v) is 3.20. The number of thiazole rings is 1. The first-order valence-electron chi connectivity index (χ1n) is 7.76. The van der Waals surface area contributed by atoms with E-state index in [4.69, 9.17) is 10.2 Å². The molecule has 6 nitrogen and oxygen atoms in total. The van der Waals surface area contributed by atoms with Gasteiger partial charge in [0, 0.05) is 16.3 Å². The van der Waals surface area contributed by atoms with Crippen molar-refractivity contribution in [3.63, 3.8) is 0 Å². The van der Waals surface area contributed by atoms with E-state index in [1.165, 1.54) is 17.4 Å². The van der Waals surface area contributed by atoms with E-state index >= 15 is 0 Å². The highest BCUT2D eigenvalue weighted by Crippen LogP contribution is 2.30. The van der Waals surface area contributed by atoms with Crippen LogP contribution in [0, 0.1) is 0 Å². The Labute approximate surface area is 151 Å². The van der Waals surface area contributed by atoms with E-state index in [-0.39, 0.29) is 5.56 Å². The molecule has 0 bridgehead atoms. The number of hydrogen-bond acceptors (Lipinski definition) is 6. The standard InChI is InChI=1S/C19H13N3O3S/c20-19-22-15(10-26-19)12-6-2-3-7-14(12)21-17(23)13-9-11-5-1-4-8-16(11)25-18(13)24/h1-10H,(H2,20,22)(H,21,23). The number of nitrogens with zero attached hydrogens (tertiary/aromatic N) is 1. The van der Waals surface area contributed by atoms with Crippen molar-refractivity contribution >= 4 is 39.0 Å². The van der Waals surface area contributed by atoms with E-state index in [2.05, 4.69) is 10.3 Å². The van der Waals surface area contributed by atoms with E-state index in [1.807, 2.05) is 23.6 Å². The maximum atomic E-state index is 12.7. The van der Waals surface area contributed by atoms with Crippen molar-refractivity contribution in [1.29, 1.82) is 0 Å². The Morgan fingerprint density at radius 1 is 1.12 bits per heavy atom. The Hall–Kier alpha value is -3.45. The third kappa shape index (κ3) is 2.96. The van der Waals surface area contributed by atoms with Crippen molar-refractivity contribution in [3.8, 4) is 11.3 Å². The minimum Gasteiger partial charge on any atom is -0.422 e. The molecule has 2 aromatic heterocycles. The van der Waals surface area contributed by atoms with Crippen molar-refractivity contribution in [3.05, 3.63) is 76.0 Å². The van der Waals surface area contributed by atoms with Crippen LogP contribution in [0.4, 0.5) is 10.8 Å². The molecule has 2 heterocycles. The lowest BCUT2D eigenvalue weighted by Crippen LogP contribution is -2.21. The third-order valence-electron chi connectivity index (χ3n) is 3.86. The SMILES string of the molecule is Nc1nc(-c2ccccc2NC(=O)c2cc3ccccc3oc2=O)cs1. The van der Waals surface area contributed by atoms with Crippen molar-refractivity contribution in [1.82, 2.24) is 4.98 Å². The van der Waals surface area contributed by atoms with Crippen LogP contribution in [0.1, 0.15) is 10.4 Å². The van der Waals surface area contributed by atoms with E-state index in [0.29, 0.717) is 27.5 Å². The Morgan fingerprint density at radius 3 is 2.69 bits per heavy atom. The predicted octanol–water partition coefficient (Wildman–Crippen LogP) is 3.75. The quantitative estimate of drug-likeness (QED) is 0.540. The largest absolute Gasteiger partial charge is 0.422 e. The molecule has 0 atom stereocenters. The Morgan fingerprint density at radius 2 is 1.88 bits per heavy atom. The van der Waals surface area contributed by atoms with Crippen LogP contribution in [-0.4, -0.2) is 10.9 Å². The maximum absolute atomic E-state index is 12.7. The first-order chi connectivity index (χ1) is 12.6. The summed E-state index contributed by atoms with van der Waals surface area (Å²) in [6, 6.07) is 15.8. The smallest absolute Gasteiger partial charge is 0.349 e. The number of fused-ring (bicyclic) bond motifs is 1. The fraction of sp³-hybridized carbons (Fsp3) is 0. The second kappa shape index (κ2) is 6.45. The molecule has 1 amide bonds. The number of benzene rings is 2. The first-order valence-corrected chi connectivity index (χ1v) is 8.64. The summed E-state index contributed by atoms with van der Waals surface area (Å²) in [5, 5.41) is 5.69. The number of rotatable bonds is 3. The summed E-state index contributed by atoms with van der Waals surface area (Å²) in [6.45, 7) is 0. The van der Waals surface area contributed by atoms with Gasteiger partial charge >= 0.3 is 5.63 Å². The first kappa shape index (κ1) is 16.0. The molecule has 7 heteroatoms. The molecule has 26 heavy (non-hydrogen) atoms. The number of carbonyl (C=O) groups is 1. The van der Waals surface area contributed by atoms with Gasteiger partial charge in [-0.05, 0) is 18.2 Å². The predicted molar refractivity (Wildman–Crippen MR) is 102 cm³/mol. The van der Waals surface area contributed by atoms with Crippen LogP contribution < -0.4 is 16.7 Å². The summed E-state index contributed by atoms with van der Waals surface area (Å²) in [7, 11) is 0. The minimum atomic E-state index is -0.684. The summed E-state index contributed by atoms with van der Waals surface area (Å²) in [5.74, 6) is -0.542. The monoisotopic (exact) mass is 363 g/mol. The number of amides is 1. The van der Waals surface area contributed by atoms with Crippen LogP contribution in [0.2, 0.25) is 0 Å². The molecular weight excluding hydrogens is 350 g/mol. The molecule has 0 aliphatic heterocycles. The van der Waals surface area contributed by atoms with Crippen molar-refractivity contribution in [2.24, 2.45) is 0 Å². The number of anilines is 2. The Bertz CT molecular complexity index is 1180. The highest BCUT2D eigenvalue weighted by molar-refractivity contribution is 7.13. The zero-order valence-corrected chi connectivity index (χ0v) is 14.2. The van der Waals surface area contributed by atoms with E-state index < -0.39 is 11.5 Å². The van der Waals surface area contributed by atoms with Crippen LogP contribution in [-0.2, 0) is 0 Å². The van der Waals surface area contributed by atoms with Gasteiger partial charge in [0.15, 0.2) is 5.13 Å². The molecule has 0 unspecified atom stereocenters. The second-order valence-electron chi connectivity index (χ2n) is 5.56. The van der Waals surface area contributed by atoms with Crippen LogP contribution in [0.15, 0.2) is 69.2 Å². The van der Waals surface area contributed by atoms with Crippen molar-refractivity contribution < 1.29 is 9.21 Å². The summed E-state index contributed by atoms with van der Waals surface area (Å²) < 4.78 is 5.23. The van der Waals surface area contributed by atoms with Gasteiger partial charge in [-0.15, -0.1) is 11.3 Å². The molecular formula is C19H13N3O3S. The number of para-hydroxylation sites is 2. The molecule has 0 spiro atoms. The minimum absolute atomic E-state index is 0.0590. The number of nitrogens with two attached hydrogens (primary N) is 1. The van der Waals surface area contributed by atoms with Crippen LogP contribution in [0.3, 0.4) is 0 Å². The van der Waals surface area contributed by atoms with E-state index in [0.717, 1.165) is 5.56 Å². The normalized spacial score (nSPS) is 10.8. The van der Waals surface area contributed by atoms with Gasteiger partial charge in [0.25, 0.3) is 5.91 Å². The topological polar surface area (TPSA) is 98.2 Å². The molecule has 0 aliphatic rings. The van der Waals surface area contributed by atoms with Crippen LogP contribution in [0.5, 0.6) is 0 Å². The highest BCUT2D eigenvalue weighted by Gasteiger charge is 2.16. The second-order valence-corrected chi connectivity index (χ2v) is 6.45. The molecule has 4 aromatic rings. The van der Waals surface area contributed by atoms with Gasteiger partial charge in [0.2, 0.25) is 0 Å². The summed E-state index contributed by atoms with van der Waals surface area (Å²) >= 11 is 1.32. The molecule has 3 N–H and O–H groups in total. The fourth-order valence-electron chi connectivity index (χ4n) is 2.64. The number of nitrogen functional groups attached to an aromatic ring is 1. The third-order valence-corrected chi connectivity index (χ3v) is 4.53. The summed E-state index contributed by atoms with van der Waals surface area (Å²) in [4.78, 5) is 29.1. The van der Waals surface area contributed by atoms with E-state index in [1.54, 1.807) is 30.3 Å². The van der Waals surface area contributed by atoms with Crippen LogP contribution >= 0.6 is 11.3 Å². The number of carbonyl (C=O) groups excluding carboxylic acids is 1. The maximum Gasteiger partial charge on any atom is 0.349 e. The van der Waals surface area contributed by atoms with Crippen molar-refractivity contribution in [2.45, 2.75) is 0 Å². The lowest BCUT2D eigenvalue weighted by Gasteiger charge is -2.09. The van der Waals surface area contributed by atoms with Gasteiger partial charge in [-0.25, -0.2) is 9.78 Å². The molecule has 4 rings (SSSR count). The van der Waals surface area contributed by atoms with Crippen LogP contribution in [0.25, 0.3) is 22.2 Å². The van der Waals surface area contributed by atoms with E-state index in [9.17, 15) is 9.59 Å². The summed E-state index contributed by atoms with van der Waals surface area (Å²) in [6.07, 6.45) is 0. The summed E-state index contributed by atoms with van der Waals surface area (Å²) in [5.41, 5.74) is 7.31. The van der Waals surface area contributed by atoms with Gasteiger partial charge in [-0.3, -0.25) is 4.79 Å². The number of nitrogens with one attached hydrogen (secondary N) is 1. The zero-order chi connectivity index (χ0) is 18.1. The number of hydrogen-bond donors (Lipinski definition) is 2. The van der Waals surface area contributed by atoms with Gasteiger partial charge < -0.3 is 15.5 Å². The lowest BCUT2D eigenvalue weighted by molar-refractivity contribution is 0.102. The zero-order valence-electron chi connectivity index (χ0n) is 13.4. The lowest BCUT2D eigenvalue weighted by atomic mass is 10.1. The molecule has 0 radical (unpaired) electrons. The van der Waals surface area contributed by atoms with Gasteiger partial charge in [0.05, 0.1) is 11.4 Å². The molecule has 128 valence electrons. The van der Waals surface area contributed by atoms with Gasteiger partial charge in [0.1, 0.15) is 11.1 Å². The Balaban J connectivity index is 1.72. The molecule has 2 aromatic carbocycles. The molecule has 0 saturated heterocycles. The Kier molecular flexibility index (Phi) is 3.98. The van der Waals surface area contributed by atoms with Gasteiger partial charge in [-0.2, -0.15) is 0 Å². The average molecular weight is 363 g/mol. The van der Waals surface area contributed by atoms with Gasteiger partial charge in [-0.1, -0.05) is 36.4 Å².